The summed E-state index contributed by atoms with van der Waals surface area (Å²) in [7, 11) is 3.62. The van der Waals surface area contributed by atoms with Crippen molar-refractivity contribution in [3.8, 4) is 0 Å². The fourth-order valence-electron chi connectivity index (χ4n) is 3.84. The number of aliphatic imine (C=N–C) groups is 1. The Hall–Kier alpha value is -1.59. The van der Waals surface area contributed by atoms with E-state index in [1.807, 2.05) is 7.05 Å². The van der Waals surface area contributed by atoms with Crippen LogP contribution in [0.25, 0.3) is 0 Å². The SMILES string of the molecule is CN=C(NCC(C)(C)CCCc1ccccc1)N1CCC(OCCCOC)CC1. The number of benzene rings is 1. The Morgan fingerprint density at radius 3 is 2.52 bits per heavy atom. The van der Waals surface area contributed by atoms with Crippen molar-refractivity contribution in [1.29, 1.82) is 0 Å². The highest BCUT2D eigenvalue weighted by Gasteiger charge is 2.24. The van der Waals surface area contributed by atoms with Crippen LogP contribution in [0.5, 0.6) is 0 Å². The minimum absolute atomic E-state index is 0.244. The largest absolute Gasteiger partial charge is 0.385 e. The topological polar surface area (TPSA) is 46.1 Å². The van der Waals surface area contributed by atoms with Gasteiger partial charge in [0, 0.05) is 47.0 Å². The maximum atomic E-state index is 5.97. The normalized spacial score (nSPS) is 16.3. The summed E-state index contributed by atoms with van der Waals surface area (Å²) in [6.45, 7) is 9.21. The number of nitrogens with zero attached hydrogens (tertiary/aromatic N) is 2. The predicted molar refractivity (Wildman–Crippen MR) is 122 cm³/mol. The van der Waals surface area contributed by atoms with Crippen molar-refractivity contribution in [2.75, 3.05) is 47.0 Å². The number of nitrogens with one attached hydrogen (secondary N) is 1. The van der Waals surface area contributed by atoms with Crippen LogP contribution in [0.1, 0.15) is 51.5 Å². The molecule has 0 aromatic heterocycles. The number of guanidine groups is 1. The van der Waals surface area contributed by atoms with Crippen LogP contribution in [0.15, 0.2) is 35.3 Å². The van der Waals surface area contributed by atoms with Gasteiger partial charge in [-0.25, -0.2) is 0 Å². The molecule has 1 saturated heterocycles. The van der Waals surface area contributed by atoms with Crippen LogP contribution in [-0.4, -0.2) is 64.0 Å². The van der Waals surface area contributed by atoms with E-state index in [0.717, 1.165) is 64.5 Å². The third kappa shape index (κ3) is 9.18. The molecule has 1 aromatic rings. The van der Waals surface area contributed by atoms with Crippen molar-refractivity contribution in [3.63, 3.8) is 0 Å². The van der Waals surface area contributed by atoms with Crippen LogP contribution in [0.2, 0.25) is 0 Å². The molecule has 0 bridgehead atoms. The highest BCUT2D eigenvalue weighted by atomic mass is 16.5. The Morgan fingerprint density at radius 2 is 1.86 bits per heavy atom. The van der Waals surface area contributed by atoms with E-state index in [4.69, 9.17) is 9.47 Å². The quantitative estimate of drug-likeness (QED) is 0.343. The highest BCUT2D eigenvalue weighted by Crippen LogP contribution is 2.23. The van der Waals surface area contributed by atoms with Crippen molar-refractivity contribution in [1.82, 2.24) is 10.2 Å². The monoisotopic (exact) mass is 403 g/mol. The maximum absolute atomic E-state index is 5.97. The number of rotatable bonds is 11. The number of hydrogen-bond donors (Lipinski definition) is 1. The predicted octanol–water partition coefficient (Wildman–Crippen LogP) is 4.13. The number of ether oxygens (including phenoxy) is 2. The van der Waals surface area contributed by atoms with Crippen molar-refractivity contribution >= 4 is 5.96 Å². The highest BCUT2D eigenvalue weighted by molar-refractivity contribution is 5.80. The number of piperidine rings is 1. The van der Waals surface area contributed by atoms with Crippen LogP contribution in [0, 0.1) is 5.41 Å². The van der Waals surface area contributed by atoms with Gasteiger partial charge in [-0.15, -0.1) is 0 Å². The maximum Gasteiger partial charge on any atom is 0.193 e. The first-order valence-electron chi connectivity index (χ1n) is 11.1. The van der Waals surface area contributed by atoms with Gasteiger partial charge in [-0.3, -0.25) is 4.99 Å². The summed E-state index contributed by atoms with van der Waals surface area (Å²) in [6.07, 6.45) is 7.03. The zero-order chi connectivity index (χ0) is 21.0. The molecule has 1 fully saturated rings. The van der Waals surface area contributed by atoms with Gasteiger partial charge in [0.1, 0.15) is 0 Å². The van der Waals surface area contributed by atoms with Crippen molar-refractivity contribution < 1.29 is 9.47 Å². The standard InChI is InChI=1S/C24H41N3O2/c1-24(2,15-8-12-21-10-6-5-7-11-21)20-26-23(25-3)27-16-13-22(14-17-27)29-19-9-18-28-4/h5-7,10-11,22H,8-9,12-20H2,1-4H3,(H,25,26). The Morgan fingerprint density at radius 1 is 1.14 bits per heavy atom. The molecule has 0 atom stereocenters. The lowest BCUT2D eigenvalue weighted by Gasteiger charge is -2.35. The second-order valence-corrected chi connectivity index (χ2v) is 8.81. The van der Waals surface area contributed by atoms with Gasteiger partial charge in [0.25, 0.3) is 0 Å². The van der Waals surface area contributed by atoms with Crippen LogP contribution in [-0.2, 0) is 15.9 Å². The molecule has 5 nitrogen and oxygen atoms in total. The summed E-state index contributed by atoms with van der Waals surface area (Å²) in [5, 5.41) is 3.62. The molecule has 164 valence electrons. The van der Waals surface area contributed by atoms with E-state index in [1.54, 1.807) is 7.11 Å². The first kappa shape index (κ1) is 23.7. The molecule has 1 N–H and O–H groups in total. The van der Waals surface area contributed by atoms with Gasteiger partial charge < -0.3 is 19.7 Å². The first-order valence-corrected chi connectivity index (χ1v) is 11.1. The molecule has 0 spiro atoms. The van der Waals surface area contributed by atoms with Crippen LogP contribution >= 0.6 is 0 Å². The summed E-state index contributed by atoms with van der Waals surface area (Å²) in [5.74, 6) is 1.03. The van der Waals surface area contributed by atoms with E-state index < -0.39 is 0 Å². The number of likely N-dealkylation sites (tertiary alicyclic amines) is 1. The van der Waals surface area contributed by atoms with E-state index in [0.29, 0.717) is 6.10 Å². The lowest BCUT2D eigenvalue weighted by molar-refractivity contribution is 0.00983. The Bertz CT molecular complexity index is 581. The molecule has 0 saturated carbocycles. The fourth-order valence-corrected chi connectivity index (χ4v) is 3.84. The molecule has 2 rings (SSSR count). The number of methoxy groups -OCH3 is 1. The van der Waals surface area contributed by atoms with E-state index in [2.05, 4.69) is 59.4 Å². The molecule has 1 heterocycles. The smallest absolute Gasteiger partial charge is 0.193 e. The van der Waals surface area contributed by atoms with E-state index in [1.165, 1.54) is 18.4 Å². The van der Waals surface area contributed by atoms with Crippen molar-refractivity contribution in [2.24, 2.45) is 10.4 Å². The van der Waals surface area contributed by atoms with E-state index in [-0.39, 0.29) is 5.41 Å². The molecule has 5 heteroatoms. The molecule has 1 aliphatic rings. The number of hydrogen-bond acceptors (Lipinski definition) is 3. The molecule has 0 unspecified atom stereocenters. The molecular formula is C24H41N3O2. The third-order valence-corrected chi connectivity index (χ3v) is 5.69. The van der Waals surface area contributed by atoms with Gasteiger partial charge in [0.15, 0.2) is 5.96 Å². The van der Waals surface area contributed by atoms with Gasteiger partial charge in [0.2, 0.25) is 0 Å². The molecule has 0 radical (unpaired) electrons. The zero-order valence-electron chi connectivity index (χ0n) is 19.0. The Labute approximate surface area is 177 Å². The summed E-state index contributed by atoms with van der Waals surface area (Å²) >= 11 is 0. The molecule has 0 aliphatic carbocycles. The minimum atomic E-state index is 0.244. The summed E-state index contributed by atoms with van der Waals surface area (Å²) in [4.78, 5) is 6.90. The molecule has 29 heavy (non-hydrogen) atoms. The molecule has 1 aromatic carbocycles. The van der Waals surface area contributed by atoms with Crippen LogP contribution in [0.3, 0.4) is 0 Å². The second kappa shape index (κ2) is 12.9. The summed E-state index contributed by atoms with van der Waals surface area (Å²) < 4.78 is 11.1. The molecular weight excluding hydrogens is 362 g/mol. The van der Waals surface area contributed by atoms with Crippen LogP contribution < -0.4 is 5.32 Å². The van der Waals surface area contributed by atoms with Gasteiger partial charge in [-0.1, -0.05) is 44.2 Å². The Kier molecular flexibility index (Phi) is 10.5. The fraction of sp³-hybridized carbons (Fsp3) is 0.708. The average Bonchev–Trinajstić information content (AvgIpc) is 2.73. The molecule has 1 aliphatic heterocycles. The molecule has 0 amide bonds. The van der Waals surface area contributed by atoms with E-state index >= 15 is 0 Å². The lowest BCUT2D eigenvalue weighted by Crippen LogP contribution is -2.49. The summed E-state index contributed by atoms with van der Waals surface area (Å²) in [6, 6.07) is 10.8. The average molecular weight is 404 g/mol. The first-order chi connectivity index (χ1) is 14.0. The van der Waals surface area contributed by atoms with Gasteiger partial charge in [-0.2, -0.15) is 0 Å². The van der Waals surface area contributed by atoms with Crippen molar-refractivity contribution in [2.45, 2.75) is 58.5 Å². The zero-order valence-corrected chi connectivity index (χ0v) is 19.0. The second-order valence-electron chi connectivity index (χ2n) is 8.81. The Balaban J connectivity index is 1.67. The number of aryl methyl sites for hydroxylation is 1. The van der Waals surface area contributed by atoms with Gasteiger partial charge in [-0.05, 0) is 49.5 Å². The lowest BCUT2D eigenvalue weighted by atomic mass is 9.86. The third-order valence-electron chi connectivity index (χ3n) is 5.69. The van der Waals surface area contributed by atoms with Crippen LogP contribution in [0.4, 0.5) is 0 Å². The van der Waals surface area contributed by atoms with Gasteiger partial charge >= 0.3 is 0 Å². The van der Waals surface area contributed by atoms with Crippen molar-refractivity contribution in [3.05, 3.63) is 35.9 Å². The van der Waals surface area contributed by atoms with Gasteiger partial charge in [0.05, 0.1) is 6.10 Å². The minimum Gasteiger partial charge on any atom is -0.385 e. The van der Waals surface area contributed by atoms with E-state index in [9.17, 15) is 0 Å². The summed E-state index contributed by atoms with van der Waals surface area (Å²) in [5.41, 5.74) is 1.67.